The summed E-state index contributed by atoms with van der Waals surface area (Å²) in [5, 5.41) is 9.74. The highest BCUT2D eigenvalue weighted by molar-refractivity contribution is 5.37. The van der Waals surface area contributed by atoms with Crippen LogP contribution in [-0.2, 0) is 5.41 Å². The van der Waals surface area contributed by atoms with Crippen LogP contribution in [0.25, 0.3) is 0 Å². The molecule has 0 unspecified atom stereocenters. The smallest absolute Gasteiger partial charge is 0.119 e. The zero-order valence-electron chi connectivity index (χ0n) is 15.5. The normalized spacial score (nSPS) is 21.6. The van der Waals surface area contributed by atoms with E-state index < -0.39 is 0 Å². The molecule has 0 N–H and O–H groups in total. The van der Waals surface area contributed by atoms with Gasteiger partial charge < -0.3 is 14.5 Å². The van der Waals surface area contributed by atoms with Crippen molar-refractivity contribution in [3.8, 4) is 11.8 Å². The summed E-state index contributed by atoms with van der Waals surface area (Å²) in [4.78, 5) is 4.85. The standard InChI is InChI=1S/C21H31N3O/c1-23-15-10-21(18-22,11-16-23)19-6-8-20(9-7-19)25-17-5-14-24-12-3-2-4-13-24/h6-9H,2-5,10-17H2,1H3. The predicted octanol–water partition coefficient (Wildman–Crippen LogP) is 3.43. The number of likely N-dealkylation sites (tertiary alicyclic amines) is 2. The lowest BCUT2D eigenvalue weighted by atomic mass is 9.74. The molecule has 0 radical (unpaired) electrons. The van der Waals surface area contributed by atoms with Gasteiger partial charge in [0.25, 0.3) is 0 Å². The Balaban J connectivity index is 1.47. The maximum atomic E-state index is 9.74. The minimum Gasteiger partial charge on any atom is -0.494 e. The fourth-order valence-corrected chi connectivity index (χ4v) is 4.00. The molecule has 2 saturated heterocycles. The van der Waals surface area contributed by atoms with E-state index in [2.05, 4.69) is 35.0 Å². The van der Waals surface area contributed by atoms with E-state index >= 15 is 0 Å². The molecule has 0 aromatic heterocycles. The Morgan fingerprint density at radius 1 is 1.04 bits per heavy atom. The Bertz CT molecular complexity index is 564. The molecule has 4 heteroatoms. The van der Waals surface area contributed by atoms with E-state index in [4.69, 9.17) is 4.74 Å². The van der Waals surface area contributed by atoms with E-state index in [0.29, 0.717) is 0 Å². The van der Waals surface area contributed by atoms with Crippen LogP contribution in [0, 0.1) is 11.3 Å². The second-order valence-corrected chi connectivity index (χ2v) is 7.63. The quantitative estimate of drug-likeness (QED) is 0.743. The van der Waals surface area contributed by atoms with Gasteiger partial charge in [0.1, 0.15) is 5.75 Å². The summed E-state index contributed by atoms with van der Waals surface area (Å²) in [6.07, 6.45) is 6.99. The third kappa shape index (κ3) is 4.74. The molecule has 0 bridgehead atoms. The minimum atomic E-state index is -0.320. The van der Waals surface area contributed by atoms with Crippen molar-refractivity contribution in [1.29, 1.82) is 5.26 Å². The number of nitrogens with zero attached hydrogens (tertiary/aromatic N) is 3. The molecule has 2 fully saturated rings. The lowest BCUT2D eigenvalue weighted by molar-refractivity contribution is 0.205. The summed E-state index contributed by atoms with van der Waals surface area (Å²) in [5.41, 5.74) is 0.822. The molecule has 0 atom stereocenters. The fourth-order valence-electron chi connectivity index (χ4n) is 4.00. The summed E-state index contributed by atoms with van der Waals surface area (Å²) >= 11 is 0. The molecule has 0 amide bonds. The average Bonchev–Trinajstić information content (AvgIpc) is 2.68. The molecule has 25 heavy (non-hydrogen) atoms. The molecule has 0 saturated carbocycles. The Hall–Kier alpha value is -1.57. The highest BCUT2D eigenvalue weighted by Crippen LogP contribution is 2.35. The molecule has 1 aromatic carbocycles. The van der Waals surface area contributed by atoms with Crippen molar-refractivity contribution < 1.29 is 4.74 Å². The van der Waals surface area contributed by atoms with Gasteiger partial charge in [0.05, 0.1) is 18.1 Å². The van der Waals surface area contributed by atoms with Crippen molar-refractivity contribution in [2.24, 2.45) is 0 Å². The summed E-state index contributed by atoms with van der Waals surface area (Å²) < 4.78 is 5.91. The monoisotopic (exact) mass is 341 g/mol. The molecule has 2 heterocycles. The third-order valence-corrected chi connectivity index (χ3v) is 5.80. The van der Waals surface area contributed by atoms with Crippen LogP contribution in [0.4, 0.5) is 0 Å². The van der Waals surface area contributed by atoms with Crippen LogP contribution in [0.5, 0.6) is 5.75 Å². The summed E-state index contributed by atoms with van der Waals surface area (Å²) in [6.45, 7) is 6.39. The SMILES string of the molecule is CN1CCC(C#N)(c2ccc(OCCCN3CCCCC3)cc2)CC1. The molecular weight excluding hydrogens is 310 g/mol. The van der Waals surface area contributed by atoms with E-state index in [0.717, 1.165) is 56.8 Å². The van der Waals surface area contributed by atoms with Crippen molar-refractivity contribution in [2.45, 2.75) is 43.9 Å². The van der Waals surface area contributed by atoms with Crippen molar-refractivity contribution >= 4 is 0 Å². The molecule has 1 aromatic rings. The highest BCUT2D eigenvalue weighted by Gasteiger charge is 2.35. The van der Waals surface area contributed by atoms with E-state index in [1.807, 2.05) is 12.1 Å². The number of hydrogen-bond acceptors (Lipinski definition) is 4. The Morgan fingerprint density at radius 2 is 1.72 bits per heavy atom. The molecule has 0 aliphatic carbocycles. The van der Waals surface area contributed by atoms with Gasteiger partial charge in [-0.25, -0.2) is 0 Å². The Kier molecular flexibility index (Phi) is 6.34. The summed E-state index contributed by atoms with van der Waals surface area (Å²) in [7, 11) is 2.13. The maximum Gasteiger partial charge on any atom is 0.119 e. The predicted molar refractivity (Wildman–Crippen MR) is 101 cm³/mol. The van der Waals surface area contributed by atoms with Crippen molar-refractivity contribution in [2.75, 3.05) is 46.4 Å². The molecule has 2 aliphatic rings. The van der Waals surface area contributed by atoms with Crippen LogP contribution in [-0.4, -0.2) is 56.2 Å². The first-order valence-corrected chi connectivity index (χ1v) is 9.77. The van der Waals surface area contributed by atoms with Gasteiger partial charge in [0.2, 0.25) is 0 Å². The molecule has 0 spiro atoms. The lowest BCUT2D eigenvalue weighted by Crippen LogP contribution is -2.39. The minimum absolute atomic E-state index is 0.320. The maximum absolute atomic E-state index is 9.74. The lowest BCUT2D eigenvalue weighted by Gasteiger charge is -2.35. The molecule has 2 aliphatic heterocycles. The second-order valence-electron chi connectivity index (χ2n) is 7.63. The van der Waals surface area contributed by atoms with E-state index in [1.54, 1.807) is 0 Å². The first-order valence-electron chi connectivity index (χ1n) is 9.77. The number of benzene rings is 1. The van der Waals surface area contributed by atoms with Crippen LogP contribution in [0.1, 0.15) is 44.1 Å². The van der Waals surface area contributed by atoms with E-state index in [1.165, 1.54) is 32.4 Å². The van der Waals surface area contributed by atoms with Gasteiger partial charge in [-0.3, -0.25) is 0 Å². The van der Waals surface area contributed by atoms with Gasteiger partial charge in [0, 0.05) is 6.54 Å². The number of hydrogen-bond donors (Lipinski definition) is 0. The van der Waals surface area contributed by atoms with Crippen LogP contribution >= 0.6 is 0 Å². The molecule has 3 rings (SSSR count). The van der Waals surface area contributed by atoms with Crippen molar-refractivity contribution in [3.63, 3.8) is 0 Å². The molecule has 4 nitrogen and oxygen atoms in total. The topological polar surface area (TPSA) is 39.5 Å². The van der Waals surface area contributed by atoms with Gasteiger partial charge in [-0.2, -0.15) is 5.26 Å². The number of piperidine rings is 2. The fraction of sp³-hybridized carbons (Fsp3) is 0.667. The Morgan fingerprint density at radius 3 is 2.36 bits per heavy atom. The van der Waals surface area contributed by atoms with E-state index in [-0.39, 0.29) is 5.41 Å². The number of ether oxygens (including phenoxy) is 1. The first kappa shape index (κ1) is 18.2. The largest absolute Gasteiger partial charge is 0.494 e. The summed E-state index contributed by atoms with van der Waals surface area (Å²) in [5.74, 6) is 0.920. The van der Waals surface area contributed by atoms with Gasteiger partial charge in [0.15, 0.2) is 0 Å². The van der Waals surface area contributed by atoms with E-state index in [9.17, 15) is 5.26 Å². The molecule has 136 valence electrons. The third-order valence-electron chi connectivity index (χ3n) is 5.80. The number of rotatable bonds is 6. The summed E-state index contributed by atoms with van der Waals surface area (Å²) in [6, 6.07) is 10.8. The molecular formula is C21H31N3O. The van der Waals surface area contributed by atoms with Crippen LogP contribution < -0.4 is 4.74 Å². The number of nitriles is 1. The van der Waals surface area contributed by atoms with Gasteiger partial charge in [-0.1, -0.05) is 18.6 Å². The van der Waals surface area contributed by atoms with Gasteiger partial charge in [-0.05, 0) is 83.0 Å². The second kappa shape index (κ2) is 8.69. The zero-order valence-corrected chi connectivity index (χ0v) is 15.5. The average molecular weight is 341 g/mol. The van der Waals surface area contributed by atoms with Gasteiger partial charge in [-0.15, -0.1) is 0 Å². The van der Waals surface area contributed by atoms with Crippen LogP contribution in [0.3, 0.4) is 0 Å². The van der Waals surface area contributed by atoms with Crippen LogP contribution in [0.15, 0.2) is 24.3 Å². The van der Waals surface area contributed by atoms with Crippen LogP contribution in [0.2, 0.25) is 0 Å². The first-order chi connectivity index (χ1) is 12.2. The van der Waals surface area contributed by atoms with Gasteiger partial charge >= 0.3 is 0 Å². The Labute approximate surface area is 152 Å². The highest BCUT2D eigenvalue weighted by atomic mass is 16.5. The van der Waals surface area contributed by atoms with Crippen molar-refractivity contribution in [1.82, 2.24) is 9.80 Å². The van der Waals surface area contributed by atoms with Crippen molar-refractivity contribution in [3.05, 3.63) is 29.8 Å². The zero-order chi connectivity index (χ0) is 17.5.